The maximum atomic E-state index is 13.0. The molecule has 3 aromatic rings. The Morgan fingerprint density at radius 3 is 2.33 bits per heavy atom. The van der Waals surface area contributed by atoms with Crippen molar-refractivity contribution >= 4 is 29.6 Å². The fraction of sp³-hybridized carbons (Fsp3) is 0.115. The fourth-order valence-electron chi connectivity index (χ4n) is 3.33. The van der Waals surface area contributed by atoms with Gasteiger partial charge in [-0.3, -0.25) is 14.9 Å². The molecule has 0 spiro atoms. The largest absolute Gasteiger partial charge is 0.497 e. The van der Waals surface area contributed by atoms with E-state index in [4.69, 9.17) is 9.47 Å². The van der Waals surface area contributed by atoms with Crippen molar-refractivity contribution in [2.45, 2.75) is 13.5 Å². The lowest BCUT2D eigenvalue weighted by molar-refractivity contribution is -0.122. The van der Waals surface area contributed by atoms with Gasteiger partial charge in [-0.2, -0.15) is 0 Å². The van der Waals surface area contributed by atoms with E-state index in [-0.39, 0.29) is 5.57 Å². The SMILES string of the molecule is COc1ccc(N2C(=O)NC(=O)/C(=C/c3cccc(OCc4ccc(C)cc4)c3)C2=O)cc1. The van der Waals surface area contributed by atoms with E-state index in [2.05, 4.69) is 5.32 Å². The maximum absolute atomic E-state index is 13.0. The first kappa shape index (κ1) is 21.8. The molecule has 1 heterocycles. The van der Waals surface area contributed by atoms with Crippen molar-refractivity contribution in [2.75, 3.05) is 12.0 Å². The van der Waals surface area contributed by atoms with Gasteiger partial charge < -0.3 is 9.47 Å². The Hall–Kier alpha value is -4.39. The van der Waals surface area contributed by atoms with E-state index in [0.717, 1.165) is 10.5 Å². The van der Waals surface area contributed by atoms with Crippen molar-refractivity contribution in [3.8, 4) is 11.5 Å². The molecule has 7 nitrogen and oxygen atoms in total. The van der Waals surface area contributed by atoms with Crippen LogP contribution in [0.3, 0.4) is 0 Å². The summed E-state index contributed by atoms with van der Waals surface area (Å²) in [6.07, 6.45) is 1.44. The summed E-state index contributed by atoms with van der Waals surface area (Å²) in [7, 11) is 1.52. The summed E-state index contributed by atoms with van der Waals surface area (Å²) < 4.78 is 11.0. The molecule has 0 radical (unpaired) electrons. The van der Waals surface area contributed by atoms with E-state index in [1.54, 1.807) is 48.5 Å². The number of amides is 4. The standard InChI is InChI=1S/C26H22N2O5/c1-17-6-8-18(9-7-17)16-33-22-5-3-4-19(14-22)15-23-24(29)27-26(31)28(25(23)30)20-10-12-21(32-2)13-11-20/h3-15H,16H2,1-2H3,(H,27,29,31)/b23-15-. The van der Waals surface area contributed by atoms with Gasteiger partial charge in [-0.05, 0) is 60.5 Å². The van der Waals surface area contributed by atoms with Crippen molar-refractivity contribution in [3.05, 3.63) is 95.1 Å². The first-order valence-electron chi connectivity index (χ1n) is 10.3. The molecule has 4 amide bonds. The molecule has 1 aliphatic heterocycles. The number of nitrogens with zero attached hydrogens (tertiary/aromatic N) is 1. The number of hydrogen-bond acceptors (Lipinski definition) is 5. The van der Waals surface area contributed by atoms with Gasteiger partial charge in [0.15, 0.2) is 0 Å². The molecule has 33 heavy (non-hydrogen) atoms. The molecule has 1 N–H and O–H groups in total. The van der Waals surface area contributed by atoms with Crippen molar-refractivity contribution in [2.24, 2.45) is 0 Å². The summed E-state index contributed by atoms with van der Waals surface area (Å²) in [6, 6.07) is 20.7. The second-order valence-electron chi connectivity index (χ2n) is 7.50. The van der Waals surface area contributed by atoms with Crippen molar-refractivity contribution < 1.29 is 23.9 Å². The van der Waals surface area contributed by atoms with Gasteiger partial charge in [-0.15, -0.1) is 0 Å². The highest BCUT2D eigenvalue weighted by Crippen LogP contribution is 2.25. The molecule has 0 aromatic heterocycles. The van der Waals surface area contributed by atoms with Gasteiger partial charge in [-0.25, -0.2) is 9.69 Å². The summed E-state index contributed by atoms with van der Waals surface area (Å²) in [4.78, 5) is 38.7. The molecule has 3 aromatic carbocycles. The molecule has 166 valence electrons. The minimum atomic E-state index is -0.803. The third-order valence-electron chi connectivity index (χ3n) is 5.13. The molecule has 4 rings (SSSR count). The summed E-state index contributed by atoms with van der Waals surface area (Å²) in [5.74, 6) is -0.282. The molecule has 1 aliphatic rings. The van der Waals surface area contributed by atoms with Gasteiger partial charge in [0.1, 0.15) is 23.7 Å². The normalized spacial score (nSPS) is 14.9. The second kappa shape index (κ2) is 9.40. The number of carbonyl (C=O) groups is 3. The highest BCUT2D eigenvalue weighted by Gasteiger charge is 2.36. The van der Waals surface area contributed by atoms with E-state index >= 15 is 0 Å². The Kier molecular flexibility index (Phi) is 6.22. The van der Waals surface area contributed by atoms with E-state index in [9.17, 15) is 14.4 Å². The molecule has 1 fully saturated rings. The molecule has 0 unspecified atom stereocenters. The molecule has 7 heteroatoms. The Morgan fingerprint density at radius 1 is 0.909 bits per heavy atom. The maximum Gasteiger partial charge on any atom is 0.335 e. The van der Waals surface area contributed by atoms with Gasteiger partial charge in [-0.1, -0.05) is 42.0 Å². The number of imide groups is 2. The minimum Gasteiger partial charge on any atom is -0.497 e. The summed E-state index contributed by atoms with van der Waals surface area (Å²) >= 11 is 0. The average molecular weight is 442 g/mol. The van der Waals surface area contributed by atoms with Gasteiger partial charge in [0, 0.05) is 0 Å². The first-order valence-corrected chi connectivity index (χ1v) is 10.3. The number of rotatable bonds is 6. The van der Waals surface area contributed by atoms with E-state index < -0.39 is 17.8 Å². The highest BCUT2D eigenvalue weighted by molar-refractivity contribution is 6.39. The Balaban J connectivity index is 1.55. The van der Waals surface area contributed by atoms with Crippen LogP contribution in [0.4, 0.5) is 10.5 Å². The first-order chi connectivity index (χ1) is 15.9. The smallest absolute Gasteiger partial charge is 0.335 e. The van der Waals surface area contributed by atoms with Crippen LogP contribution < -0.4 is 19.7 Å². The number of barbiturate groups is 1. The molecule has 0 saturated carbocycles. The predicted molar refractivity (Wildman–Crippen MR) is 124 cm³/mol. The molecular formula is C26H22N2O5. The van der Waals surface area contributed by atoms with Crippen LogP contribution in [0.25, 0.3) is 6.08 Å². The summed E-state index contributed by atoms with van der Waals surface area (Å²) in [5, 5.41) is 2.22. The van der Waals surface area contributed by atoms with E-state index in [1.165, 1.54) is 18.7 Å². The van der Waals surface area contributed by atoms with Crippen molar-refractivity contribution in [1.29, 1.82) is 0 Å². The van der Waals surface area contributed by atoms with Gasteiger partial charge in [0.25, 0.3) is 11.8 Å². The quantitative estimate of drug-likeness (QED) is 0.456. The van der Waals surface area contributed by atoms with Gasteiger partial charge >= 0.3 is 6.03 Å². The zero-order valence-electron chi connectivity index (χ0n) is 18.2. The lowest BCUT2D eigenvalue weighted by atomic mass is 10.1. The van der Waals surface area contributed by atoms with Gasteiger partial charge in [0.05, 0.1) is 12.8 Å². The number of methoxy groups -OCH3 is 1. The minimum absolute atomic E-state index is 0.152. The molecular weight excluding hydrogens is 420 g/mol. The molecule has 0 aliphatic carbocycles. The topological polar surface area (TPSA) is 84.9 Å². The fourth-order valence-corrected chi connectivity index (χ4v) is 3.33. The zero-order chi connectivity index (χ0) is 23.4. The monoisotopic (exact) mass is 442 g/mol. The highest BCUT2D eigenvalue weighted by atomic mass is 16.5. The van der Waals surface area contributed by atoms with Crippen LogP contribution in [-0.4, -0.2) is 25.0 Å². The molecule has 0 bridgehead atoms. The third-order valence-corrected chi connectivity index (χ3v) is 5.13. The van der Waals surface area contributed by atoms with Crippen LogP contribution in [-0.2, 0) is 16.2 Å². The van der Waals surface area contributed by atoms with Crippen LogP contribution in [0.2, 0.25) is 0 Å². The lowest BCUT2D eigenvalue weighted by Gasteiger charge is -2.26. The number of nitrogens with one attached hydrogen (secondary N) is 1. The van der Waals surface area contributed by atoms with Crippen LogP contribution >= 0.6 is 0 Å². The number of anilines is 1. The van der Waals surface area contributed by atoms with Crippen molar-refractivity contribution in [3.63, 3.8) is 0 Å². The van der Waals surface area contributed by atoms with E-state index in [0.29, 0.717) is 29.4 Å². The number of aryl methyl sites for hydroxylation is 1. The Labute approximate surface area is 191 Å². The van der Waals surface area contributed by atoms with E-state index in [1.807, 2.05) is 31.2 Å². The number of ether oxygens (including phenoxy) is 2. The Bertz CT molecular complexity index is 1230. The van der Waals surface area contributed by atoms with Gasteiger partial charge in [0.2, 0.25) is 0 Å². The number of benzene rings is 3. The average Bonchev–Trinajstić information content (AvgIpc) is 2.82. The van der Waals surface area contributed by atoms with Crippen LogP contribution in [0, 0.1) is 6.92 Å². The second-order valence-corrected chi connectivity index (χ2v) is 7.50. The zero-order valence-corrected chi connectivity index (χ0v) is 18.2. The van der Waals surface area contributed by atoms with Crippen LogP contribution in [0.1, 0.15) is 16.7 Å². The number of hydrogen-bond donors (Lipinski definition) is 1. The summed E-state index contributed by atoms with van der Waals surface area (Å²) in [6.45, 7) is 2.41. The van der Waals surface area contributed by atoms with Crippen LogP contribution in [0.5, 0.6) is 11.5 Å². The number of urea groups is 1. The van der Waals surface area contributed by atoms with Crippen molar-refractivity contribution in [1.82, 2.24) is 5.32 Å². The Morgan fingerprint density at radius 2 is 1.64 bits per heavy atom. The molecule has 0 atom stereocenters. The number of carbonyl (C=O) groups excluding carboxylic acids is 3. The molecule has 1 saturated heterocycles. The third kappa shape index (κ3) is 4.93. The lowest BCUT2D eigenvalue weighted by Crippen LogP contribution is -2.54. The predicted octanol–water partition coefficient (Wildman–Crippen LogP) is 4.25. The van der Waals surface area contributed by atoms with Crippen LogP contribution in [0.15, 0.2) is 78.4 Å². The summed E-state index contributed by atoms with van der Waals surface area (Å²) in [5.41, 5.74) is 2.97.